The van der Waals surface area contributed by atoms with Crippen molar-refractivity contribution in [1.29, 1.82) is 0 Å². The first kappa shape index (κ1) is 19.1. The molecule has 0 bridgehead atoms. The fraction of sp³-hybridized carbons (Fsp3) is 0.300. The maximum atomic E-state index is 12.4. The molecule has 2 amide bonds. The highest BCUT2D eigenvalue weighted by Crippen LogP contribution is 2.20. The van der Waals surface area contributed by atoms with E-state index in [9.17, 15) is 18.0 Å². The number of hydrogen-bond donors (Lipinski definition) is 2. The highest BCUT2D eigenvalue weighted by atomic mass is 32.2. The number of nitrogens with one attached hydrogen (secondary N) is 2. The van der Waals surface area contributed by atoms with Crippen molar-refractivity contribution < 1.29 is 18.0 Å². The molecule has 2 aromatic rings. The summed E-state index contributed by atoms with van der Waals surface area (Å²) in [5, 5.41) is 5.11. The molecule has 6 nitrogen and oxygen atoms in total. The van der Waals surface area contributed by atoms with Crippen molar-refractivity contribution in [2.45, 2.75) is 42.9 Å². The van der Waals surface area contributed by atoms with E-state index in [4.69, 9.17) is 0 Å². The summed E-state index contributed by atoms with van der Waals surface area (Å²) < 4.78 is 24.3. The zero-order chi connectivity index (χ0) is 19.6. The van der Waals surface area contributed by atoms with Gasteiger partial charge in [0.15, 0.2) is 9.84 Å². The van der Waals surface area contributed by atoms with E-state index >= 15 is 0 Å². The molecule has 0 saturated heterocycles. The topological polar surface area (TPSA) is 92.3 Å². The SMILES string of the molecule is CC(C)S(=O)(=O)c1ccc(C(=O)Nc2cccc(C(=O)NC3CC3)c2)cc1. The van der Waals surface area contributed by atoms with Gasteiger partial charge in [-0.1, -0.05) is 6.07 Å². The van der Waals surface area contributed by atoms with Gasteiger partial charge in [-0.3, -0.25) is 9.59 Å². The van der Waals surface area contributed by atoms with Gasteiger partial charge >= 0.3 is 0 Å². The molecular weight excluding hydrogens is 364 g/mol. The molecule has 0 heterocycles. The van der Waals surface area contributed by atoms with Crippen molar-refractivity contribution in [1.82, 2.24) is 5.32 Å². The lowest BCUT2D eigenvalue weighted by molar-refractivity contribution is 0.0949. The van der Waals surface area contributed by atoms with Gasteiger partial charge in [0.1, 0.15) is 0 Å². The van der Waals surface area contributed by atoms with Crippen molar-refractivity contribution in [3.8, 4) is 0 Å². The van der Waals surface area contributed by atoms with Crippen LogP contribution in [0.2, 0.25) is 0 Å². The first-order valence-corrected chi connectivity index (χ1v) is 10.4. The van der Waals surface area contributed by atoms with Crippen molar-refractivity contribution in [3.63, 3.8) is 0 Å². The molecule has 0 atom stereocenters. The minimum absolute atomic E-state index is 0.156. The van der Waals surface area contributed by atoms with Gasteiger partial charge in [-0.15, -0.1) is 0 Å². The first-order chi connectivity index (χ1) is 12.8. The van der Waals surface area contributed by atoms with Crippen molar-refractivity contribution >= 4 is 27.3 Å². The van der Waals surface area contributed by atoms with Crippen LogP contribution >= 0.6 is 0 Å². The Kier molecular flexibility index (Phi) is 5.32. The normalized spacial score (nSPS) is 14.0. The molecule has 1 saturated carbocycles. The Balaban J connectivity index is 1.71. The number of carbonyl (C=O) groups excluding carboxylic acids is 2. The number of sulfone groups is 1. The van der Waals surface area contributed by atoms with Crippen LogP contribution in [0.3, 0.4) is 0 Å². The molecule has 27 heavy (non-hydrogen) atoms. The Labute approximate surface area is 158 Å². The smallest absolute Gasteiger partial charge is 0.255 e. The highest BCUT2D eigenvalue weighted by molar-refractivity contribution is 7.92. The molecule has 3 rings (SSSR count). The van der Waals surface area contributed by atoms with Crippen LogP contribution in [0.15, 0.2) is 53.4 Å². The summed E-state index contributed by atoms with van der Waals surface area (Å²) in [6.45, 7) is 3.23. The summed E-state index contributed by atoms with van der Waals surface area (Å²) in [6, 6.07) is 12.8. The quantitative estimate of drug-likeness (QED) is 0.798. The summed E-state index contributed by atoms with van der Waals surface area (Å²) in [6.07, 6.45) is 2.01. The van der Waals surface area contributed by atoms with Gasteiger partial charge in [-0.25, -0.2) is 8.42 Å². The molecule has 142 valence electrons. The molecule has 2 aromatic carbocycles. The second kappa shape index (κ2) is 7.52. The third-order valence-corrected chi connectivity index (χ3v) is 6.53. The predicted molar refractivity (Wildman–Crippen MR) is 104 cm³/mol. The molecule has 1 fully saturated rings. The number of hydrogen-bond acceptors (Lipinski definition) is 4. The number of anilines is 1. The van der Waals surface area contributed by atoms with E-state index < -0.39 is 15.1 Å². The average Bonchev–Trinajstić information content (AvgIpc) is 3.46. The lowest BCUT2D eigenvalue weighted by atomic mass is 10.1. The minimum atomic E-state index is -3.37. The Hall–Kier alpha value is -2.67. The van der Waals surface area contributed by atoms with Gasteiger partial charge < -0.3 is 10.6 Å². The van der Waals surface area contributed by atoms with E-state index in [1.807, 2.05) is 0 Å². The summed E-state index contributed by atoms with van der Waals surface area (Å²) >= 11 is 0. The number of benzene rings is 2. The molecule has 0 unspecified atom stereocenters. The molecule has 0 aromatic heterocycles. The molecule has 1 aliphatic rings. The van der Waals surface area contributed by atoms with E-state index in [0.717, 1.165) is 12.8 Å². The van der Waals surface area contributed by atoms with E-state index in [0.29, 0.717) is 16.8 Å². The van der Waals surface area contributed by atoms with Crippen LogP contribution in [0.5, 0.6) is 0 Å². The van der Waals surface area contributed by atoms with Crippen LogP contribution < -0.4 is 10.6 Å². The second-order valence-electron chi connectivity index (χ2n) is 6.90. The molecule has 0 aliphatic heterocycles. The van der Waals surface area contributed by atoms with Crippen LogP contribution in [0, 0.1) is 0 Å². The Morgan fingerprint density at radius 1 is 0.963 bits per heavy atom. The van der Waals surface area contributed by atoms with E-state index in [-0.39, 0.29) is 22.8 Å². The number of amides is 2. The summed E-state index contributed by atoms with van der Waals surface area (Å²) in [5.41, 5.74) is 1.32. The third kappa shape index (κ3) is 4.54. The van der Waals surface area contributed by atoms with Crippen LogP contribution in [0.1, 0.15) is 47.4 Å². The number of rotatable bonds is 6. The molecule has 7 heteroatoms. The van der Waals surface area contributed by atoms with Crippen molar-refractivity contribution in [2.75, 3.05) is 5.32 Å². The highest BCUT2D eigenvalue weighted by Gasteiger charge is 2.24. The van der Waals surface area contributed by atoms with Crippen molar-refractivity contribution in [2.24, 2.45) is 0 Å². The minimum Gasteiger partial charge on any atom is -0.349 e. The number of carbonyl (C=O) groups is 2. The Morgan fingerprint density at radius 3 is 2.22 bits per heavy atom. The van der Waals surface area contributed by atoms with E-state index in [1.54, 1.807) is 38.1 Å². The van der Waals surface area contributed by atoms with Crippen LogP contribution in [-0.4, -0.2) is 31.5 Å². The molecule has 0 radical (unpaired) electrons. The maximum absolute atomic E-state index is 12.4. The fourth-order valence-electron chi connectivity index (χ4n) is 2.51. The largest absolute Gasteiger partial charge is 0.349 e. The zero-order valence-corrected chi connectivity index (χ0v) is 16.0. The van der Waals surface area contributed by atoms with Gasteiger partial charge in [0, 0.05) is 22.9 Å². The summed E-state index contributed by atoms with van der Waals surface area (Å²) in [5.74, 6) is -0.528. The van der Waals surface area contributed by atoms with Crippen LogP contribution in [0.25, 0.3) is 0 Å². The standard InChI is InChI=1S/C20H22N2O4S/c1-13(2)27(25,26)18-10-6-14(7-11-18)19(23)22-17-5-3-4-15(12-17)20(24)21-16-8-9-16/h3-7,10-13,16H,8-9H2,1-2H3,(H,21,24)(H,22,23). The van der Waals surface area contributed by atoms with Gasteiger partial charge in [0.2, 0.25) is 0 Å². The van der Waals surface area contributed by atoms with Gasteiger partial charge in [-0.2, -0.15) is 0 Å². The van der Waals surface area contributed by atoms with Gasteiger partial charge in [0.05, 0.1) is 10.1 Å². The predicted octanol–water partition coefficient (Wildman–Crippen LogP) is 3.01. The summed E-state index contributed by atoms with van der Waals surface area (Å²) in [4.78, 5) is 24.7. The monoisotopic (exact) mass is 386 g/mol. The van der Waals surface area contributed by atoms with E-state index in [1.165, 1.54) is 24.3 Å². The Bertz CT molecular complexity index is 962. The van der Waals surface area contributed by atoms with E-state index in [2.05, 4.69) is 10.6 Å². The van der Waals surface area contributed by atoms with Gasteiger partial charge in [-0.05, 0) is 69.2 Å². The lowest BCUT2D eigenvalue weighted by Gasteiger charge is -2.10. The Morgan fingerprint density at radius 2 is 1.63 bits per heavy atom. The molecule has 1 aliphatic carbocycles. The van der Waals surface area contributed by atoms with Crippen LogP contribution in [-0.2, 0) is 9.84 Å². The van der Waals surface area contributed by atoms with Gasteiger partial charge in [0.25, 0.3) is 11.8 Å². The average molecular weight is 386 g/mol. The van der Waals surface area contributed by atoms with Crippen molar-refractivity contribution in [3.05, 3.63) is 59.7 Å². The maximum Gasteiger partial charge on any atom is 0.255 e. The molecule has 2 N–H and O–H groups in total. The lowest BCUT2D eigenvalue weighted by Crippen LogP contribution is -2.25. The first-order valence-electron chi connectivity index (χ1n) is 8.83. The molecule has 0 spiro atoms. The fourth-order valence-corrected chi connectivity index (χ4v) is 3.57. The summed E-state index contributed by atoms with van der Waals surface area (Å²) in [7, 11) is -3.37. The molecular formula is C20H22N2O4S. The van der Waals surface area contributed by atoms with Crippen LogP contribution in [0.4, 0.5) is 5.69 Å². The zero-order valence-electron chi connectivity index (χ0n) is 15.2. The second-order valence-corrected chi connectivity index (χ2v) is 9.41. The third-order valence-electron chi connectivity index (χ3n) is 4.36.